The number of likely N-dealkylation sites (tertiary alicyclic amines) is 1. The highest BCUT2D eigenvalue weighted by molar-refractivity contribution is 7.99. The molecule has 0 saturated carbocycles. The van der Waals surface area contributed by atoms with Crippen molar-refractivity contribution in [1.82, 2.24) is 19.4 Å². The number of carbonyl (C=O) groups excluding carboxylic acids is 1. The van der Waals surface area contributed by atoms with Crippen LogP contribution in [-0.2, 0) is 11.0 Å². The molecule has 3 aromatic rings. The molecule has 47 heavy (non-hydrogen) atoms. The van der Waals surface area contributed by atoms with E-state index in [-0.39, 0.29) is 78.3 Å². The van der Waals surface area contributed by atoms with E-state index in [1.165, 1.54) is 22.4 Å². The Morgan fingerprint density at radius 3 is 2.47 bits per heavy atom. The molecule has 3 aliphatic rings. The van der Waals surface area contributed by atoms with E-state index in [1.54, 1.807) is 9.80 Å². The molecule has 4 heterocycles. The third kappa shape index (κ3) is 6.65. The summed E-state index contributed by atoms with van der Waals surface area (Å²) in [6, 6.07) is 2.80. The Kier molecular flexibility index (Phi) is 10.3. The molecule has 3 aliphatic heterocycles. The van der Waals surface area contributed by atoms with Crippen molar-refractivity contribution in [3.05, 3.63) is 64.6 Å². The molecule has 0 bridgehead atoms. The van der Waals surface area contributed by atoms with Gasteiger partial charge in [-0.1, -0.05) is 13.5 Å². The minimum atomic E-state index is -4.90. The van der Waals surface area contributed by atoms with Crippen molar-refractivity contribution < 1.29 is 26.7 Å². The number of amides is 1. The summed E-state index contributed by atoms with van der Waals surface area (Å²) in [6.07, 6.45) is -1.11. The highest BCUT2D eigenvalue weighted by Gasteiger charge is 2.41. The molecule has 0 radical (unpaired) electrons. The van der Waals surface area contributed by atoms with Gasteiger partial charge in [0.15, 0.2) is 0 Å². The molecular weight excluding hydrogens is 658 g/mol. The van der Waals surface area contributed by atoms with Gasteiger partial charge in [-0.3, -0.25) is 9.36 Å². The van der Waals surface area contributed by atoms with Crippen LogP contribution in [0.1, 0.15) is 44.7 Å². The number of piperidine rings is 1. The van der Waals surface area contributed by atoms with Gasteiger partial charge in [0.25, 0.3) is 0 Å². The molecule has 2 saturated heterocycles. The number of halogens is 5. The van der Waals surface area contributed by atoms with Gasteiger partial charge in [-0.2, -0.15) is 31.7 Å². The third-order valence-corrected chi connectivity index (χ3v) is 10.8. The number of piperazine rings is 1. The zero-order valence-corrected chi connectivity index (χ0v) is 28.1. The van der Waals surface area contributed by atoms with Crippen LogP contribution >= 0.6 is 25.3 Å². The second kappa shape index (κ2) is 13.8. The predicted molar refractivity (Wildman–Crippen MR) is 180 cm³/mol. The van der Waals surface area contributed by atoms with Crippen LogP contribution < -0.4 is 10.6 Å². The Hall–Kier alpha value is -3.10. The second-order valence-corrected chi connectivity index (χ2v) is 13.4. The maximum Gasteiger partial charge on any atom is 0.417 e. The highest BCUT2D eigenvalue weighted by atomic mass is 32.2. The maximum absolute atomic E-state index is 15.3. The quantitative estimate of drug-likeness (QED) is 0.218. The first-order valence-corrected chi connectivity index (χ1v) is 16.6. The van der Waals surface area contributed by atoms with Crippen LogP contribution in [-0.4, -0.2) is 76.3 Å². The predicted octanol–water partition coefficient (Wildman–Crippen LogP) is 6.47. The van der Waals surface area contributed by atoms with Crippen LogP contribution in [0.5, 0.6) is 0 Å². The van der Waals surface area contributed by atoms with E-state index in [1.807, 2.05) is 6.92 Å². The summed E-state index contributed by atoms with van der Waals surface area (Å²) in [6.45, 7) is 11.1. The van der Waals surface area contributed by atoms with Crippen LogP contribution in [0, 0.1) is 17.6 Å². The fourth-order valence-electron chi connectivity index (χ4n) is 7.19. The van der Waals surface area contributed by atoms with Gasteiger partial charge in [-0.05, 0) is 76.0 Å². The van der Waals surface area contributed by atoms with Gasteiger partial charge in [0.2, 0.25) is 5.91 Å². The Bertz CT molecular complexity index is 1740. The summed E-state index contributed by atoms with van der Waals surface area (Å²) >= 11 is 1.18. The van der Waals surface area contributed by atoms with Crippen LogP contribution in [0.25, 0.3) is 22.0 Å². The molecule has 0 spiro atoms. The van der Waals surface area contributed by atoms with Crippen molar-refractivity contribution in [2.24, 2.45) is 5.92 Å². The summed E-state index contributed by atoms with van der Waals surface area (Å²) in [5.74, 6) is -1.54. The van der Waals surface area contributed by atoms with Crippen molar-refractivity contribution in [3.63, 3.8) is 0 Å². The summed E-state index contributed by atoms with van der Waals surface area (Å²) in [5, 5.41) is 0.140. The van der Waals surface area contributed by atoms with Crippen molar-refractivity contribution in [3.8, 4) is 11.1 Å². The number of hydrogen-bond donors (Lipinski definition) is 0. The maximum atomic E-state index is 15.3. The minimum Gasteiger partial charge on any atom is -0.350 e. The highest BCUT2D eigenvalue weighted by Crippen LogP contribution is 2.51. The zero-order chi connectivity index (χ0) is 32.9. The van der Waals surface area contributed by atoms with E-state index in [0.717, 1.165) is 50.7 Å². The Morgan fingerprint density at radius 1 is 1.13 bits per heavy atom. The SMILES string of the molecule is C=CC(=O)N1CCN(c2nc(=O)n3c4c(c(-c5ccc(F)cc5F)c(C(F)(F)F)cc24)SC[C@@H]3CC2CCN(CC)CC2)[C@@H](C)C1.S. The fraction of sp³-hybridized carbons (Fsp3) is 0.485. The lowest BCUT2D eigenvalue weighted by molar-refractivity contribution is -0.137. The molecule has 254 valence electrons. The number of aromatic nitrogens is 2. The number of rotatable bonds is 6. The van der Waals surface area contributed by atoms with Gasteiger partial charge < -0.3 is 14.7 Å². The molecule has 2 atom stereocenters. The molecule has 0 N–H and O–H groups in total. The molecule has 1 amide bonds. The van der Waals surface area contributed by atoms with E-state index >= 15 is 4.39 Å². The normalized spacial score (nSPS) is 20.7. The van der Waals surface area contributed by atoms with E-state index in [0.29, 0.717) is 24.2 Å². The average molecular weight is 696 g/mol. The van der Waals surface area contributed by atoms with Gasteiger partial charge >= 0.3 is 11.9 Å². The van der Waals surface area contributed by atoms with Gasteiger partial charge in [0, 0.05) is 64.9 Å². The second-order valence-electron chi connectivity index (χ2n) is 12.3. The van der Waals surface area contributed by atoms with E-state index in [2.05, 4.69) is 23.4 Å². The van der Waals surface area contributed by atoms with Crippen LogP contribution in [0.4, 0.5) is 27.8 Å². The van der Waals surface area contributed by atoms with E-state index < -0.39 is 34.6 Å². The van der Waals surface area contributed by atoms with Crippen molar-refractivity contribution in [2.45, 2.75) is 56.3 Å². The zero-order valence-electron chi connectivity index (χ0n) is 26.2. The monoisotopic (exact) mass is 695 g/mol. The molecule has 2 aromatic carbocycles. The van der Waals surface area contributed by atoms with Crippen molar-refractivity contribution >= 4 is 47.9 Å². The standard InChI is InChI=1S/C33H36F5N5O2S.H2S/c1-4-27(44)41-12-13-42(19(3)17-41)31-24-16-25(33(36,37)38)28(23-7-6-21(34)15-26(23)35)30-29(24)43(32(45)39-31)22(18-46-30)14-20-8-10-40(5-2)11-9-20;/h4,6-7,15-16,19-20,22H,1,5,8-14,17-18H2,2-3H3;1H2/t19-,22-;/m0./s1. The largest absolute Gasteiger partial charge is 0.417 e. The molecule has 1 aromatic heterocycles. The number of alkyl halides is 3. The summed E-state index contributed by atoms with van der Waals surface area (Å²) in [7, 11) is 0. The van der Waals surface area contributed by atoms with Gasteiger partial charge in [0.05, 0.1) is 11.1 Å². The first-order valence-electron chi connectivity index (χ1n) is 15.6. The first-order chi connectivity index (χ1) is 21.9. The van der Waals surface area contributed by atoms with E-state index in [4.69, 9.17) is 0 Å². The molecule has 14 heteroatoms. The fourth-order valence-corrected chi connectivity index (χ4v) is 8.54. The van der Waals surface area contributed by atoms with Crippen molar-refractivity contribution in [1.29, 1.82) is 0 Å². The smallest absolute Gasteiger partial charge is 0.350 e. The van der Waals surface area contributed by atoms with Crippen LogP contribution in [0.3, 0.4) is 0 Å². The van der Waals surface area contributed by atoms with Gasteiger partial charge in [-0.15, -0.1) is 11.8 Å². The van der Waals surface area contributed by atoms with Gasteiger partial charge in [-0.25, -0.2) is 13.6 Å². The third-order valence-electron chi connectivity index (χ3n) is 9.58. The van der Waals surface area contributed by atoms with Crippen LogP contribution in [0.2, 0.25) is 0 Å². The lowest BCUT2D eigenvalue weighted by Crippen LogP contribution is -2.54. The lowest BCUT2D eigenvalue weighted by Gasteiger charge is -2.41. The molecular formula is C33H38F5N5O2S2. The Balaban J connectivity index is 0.00000433. The number of hydrogen-bond acceptors (Lipinski definition) is 6. The number of thioether (sulfide) groups is 1. The number of benzene rings is 2. The molecule has 7 nitrogen and oxygen atoms in total. The first kappa shape index (κ1) is 35.2. The molecule has 0 aliphatic carbocycles. The minimum absolute atomic E-state index is 0. The summed E-state index contributed by atoms with van der Waals surface area (Å²) in [5.41, 5.74) is -2.17. The summed E-state index contributed by atoms with van der Waals surface area (Å²) < 4.78 is 75.4. The van der Waals surface area contributed by atoms with Crippen LogP contribution in [0.15, 0.2) is 46.6 Å². The Labute approximate surface area is 281 Å². The lowest BCUT2D eigenvalue weighted by atomic mass is 9.90. The van der Waals surface area contributed by atoms with Gasteiger partial charge in [0.1, 0.15) is 17.5 Å². The summed E-state index contributed by atoms with van der Waals surface area (Å²) in [4.78, 5) is 36.6. The molecule has 6 rings (SSSR count). The van der Waals surface area contributed by atoms with Crippen molar-refractivity contribution in [2.75, 3.05) is 49.9 Å². The number of carbonyl (C=O) groups is 1. The number of nitrogens with zero attached hydrogens (tertiary/aromatic N) is 5. The van der Waals surface area contributed by atoms with E-state index in [9.17, 15) is 27.2 Å². The topological polar surface area (TPSA) is 61.7 Å². The molecule has 2 fully saturated rings. The Morgan fingerprint density at radius 2 is 1.85 bits per heavy atom. The number of anilines is 1. The average Bonchev–Trinajstić information content (AvgIpc) is 3.02. The molecule has 0 unspecified atom stereocenters.